The van der Waals surface area contributed by atoms with Crippen LogP contribution in [-0.4, -0.2) is 69.9 Å². The number of carboxylic acids is 2. The highest BCUT2D eigenvalue weighted by Gasteiger charge is 2.32. The maximum absolute atomic E-state index is 12.9. The van der Waals surface area contributed by atoms with Crippen LogP contribution in [0.25, 0.3) is 0 Å². The van der Waals surface area contributed by atoms with E-state index in [2.05, 4.69) is 16.0 Å². The Morgan fingerprint density at radius 1 is 0.765 bits per heavy atom. The molecular formula is C21H37N5O8. The van der Waals surface area contributed by atoms with Crippen molar-refractivity contribution in [1.82, 2.24) is 16.0 Å². The Balaban J connectivity index is 5.47. The molecule has 0 heterocycles. The number of amides is 4. The predicted molar refractivity (Wildman–Crippen MR) is 121 cm³/mol. The zero-order chi connectivity index (χ0) is 26.6. The van der Waals surface area contributed by atoms with Gasteiger partial charge in [0.05, 0.1) is 6.04 Å². The normalized spacial score (nSPS) is 14.6. The van der Waals surface area contributed by atoms with E-state index >= 15 is 0 Å². The first kappa shape index (κ1) is 30.8. The molecule has 34 heavy (non-hydrogen) atoms. The van der Waals surface area contributed by atoms with Crippen LogP contribution in [0.15, 0.2) is 0 Å². The highest BCUT2D eigenvalue weighted by molar-refractivity contribution is 5.94. The van der Waals surface area contributed by atoms with Crippen LogP contribution < -0.4 is 27.4 Å². The number of carboxylic acid groups (broad SMARTS) is 2. The summed E-state index contributed by atoms with van der Waals surface area (Å²) in [5.74, 6) is -5.87. The van der Waals surface area contributed by atoms with Crippen LogP contribution in [0.4, 0.5) is 0 Å². The van der Waals surface area contributed by atoms with Crippen molar-refractivity contribution >= 4 is 35.6 Å². The Labute approximate surface area is 198 Å². The van der Waals surface area contributed by atoms with E-state index in [4.69, 9.17) is 16.6 Å². The Morgan fingerprint density at radius 3 is 1.76 bits per heavy atom. The minimum absolute atomic E-state index is 0.0362. The van der Waals surface area contributed by atoms with Gasteiger partial charge in [0.25, 0.3) is 0 Å². The Kier molecular flexibility index (Phi) is 13.4. The summed E-state index contributed by atoms with van der Waals surface area (Å²) in [6, 6.07) is -4.77. The van der Waals surface area contributed by atoms with Crippen LogP contribution in [0.2, 0.25) is 0 Å². The zero-order valence-electron chi connectivity index (χ0n) is 20.0. The number of nitrogens with one attached hydrogen (secondary N) is 3. The number of nitrogens with two attached hydrogens (primary N) is 2. The summed E-state index contributed by atoms with van der Waals surface area (Å²) in [5.41, 5.74) is 10.8. The quantitative estimate of drug-likeness (QED) is 0.137. The summed E-state index contributed by atoms with van der Waals surface area (Å²) >= 11 is 0. The average Bonchev–Trinajstić information content (AvgIpc) is 2.71. The van der Waals surface area contributed by atoms with Crippen LogP contribution in [0.3, 0.4) is 0 Å². The van der Waals surface area contributed by atoms with Crippen LogP contribution in [-0.2, 0) is 28.8 Å². The number of primary amides is 1. The van der Waals surface area contributed by atoms with Crippen molar-refractivity contribution < 1.29 is 39.0 Å². The summed E-state index contributed by atoms with van der Waals surface area (Å²) < 4.78 is 0. The lowest BCUT2D eigenvalue weighted by molar-refractivity contribution is -0.143. The topological polar surface area (TPSA) is 231 Å². The molecular weight excluding hydrogens is 450 g/mol. The summed E-state index contributed by atoms with van der Waals surface area (Å²) in [4.78, 5) is 71.4. The smallest absolute Gasteiger partial charge is 0.326 e. The first-order valence-corrected chi connectivity index (χ1v) is 11.0. The largest absolute Gasteiger partial charge is 0.481 e. The van der Waals surface area contributed by atoms with Crippen molar-refractivity contribution in [2.45, 2.75) is 84.0 Å². The van der Waals surface area contributed by atoms with E-state index in [0.29, 0.717) is 0 Å². The number of hydrogen-bond donors (Lipinski definition) is 7. The second-order valence-corrected chi connectivity index (χ2v) is 8.86. The Bertz CT molecular complexity index is 755. The maximum atomic E-state index is 12.9. The average molecular weight is 488 g/mol. The third kappa shape index (κ3) is 12.1. The molecule has 0 saturated carbocycles. The second-order valence-electron chi connectivity index (χ2n) is 8.86. The van der Waals surface area contributed by atoms with Gasteiger partial charge in [-0.25, -0.2) is 4.79 Å². The van der Waals surface area contributed by atoms with Gasteiger partial charge in [-0.15, -0.1) is 0 Å². The molecule has 0 rings (SSSR count). The fourth-order valence-electron chi connectivity index (χ4n) is 2.99. The van der Waals surface area contributed by atoms with E-state index in [9.17, 15) is 33.9 Å². The summed E-state index contributed by atoms with van der Waals surface area (Å²) in [6.45, 7) is 6.83. The number of carbonyl (C=O) groups excluding carboxylic acids is 4. The van der Waals surface area contributed by atoms with Crippen molar-refractivity contribution in [1.29, 1.82) is 0 Å². The van der Waals surface area contributed by atoms with Crippen molar-refractivity contribution in [3.8, 4) is 0 Å². The van der Waals surface area contributed by atoms with E-state index in [0.717, 1.165) is 0 Å². The van der Waals surface area contributed by atoms with Gasteiger partial charge in [-0.1, -0.05) is 27.7 Å². The van der Waals surface area contributed by atoms with Crippen molar-refractivity contribution in [2.24, 2.45) is 23.3 Å². The first-order valence-electron chi connectivity index (χ1n) is 11.0. The molecule has 0 aromatic carbocycles. The van der Waals surface area contributed by atoms with Gasteiger partial charge >= 0.3 is 11.9 Å². The van der Waals surface area contributed by atoms with E-state index in [1.807, 2.05) is 0 Å². The predicted octanol–water partition coefficient (Wildman–Crippen LogP) is -1.31. The van der Waals surface area contributed by atoms with Crippen LogP contribution >= 0.6 is 0 Å². The fraction of sp³-hybridized carbons (Fsp3) is 0.714. The second kappa shape index (κ2) is 14.8. The van der Waals surface area contributed by atoms with Gasteiger partial charge in [0, 0.05) is 12.8 Å². The van der Waals surface area contributed by atoms with Gasteiger partial charge < -0.3 is 37.6 Å². The molecule has 13 heteroatoms. The first-order chi connectivity index (χ1) is 15.6. The maximum Gasteiger partial charge on any atom is 0.326 e. The molecule has 13 nitrogen and oxygen atoms in total. The SMILES string of the molecule is CC(C)CC(NC(=O)C(CCC(N)=O)NC(=O)C(NC(=O)C(N)CCC(=O)O)C(C)C)C(=O)O. The number of hydrogen-bond acceptors (Lipinski definition) is 7. The van der Waals surface area contributed by atoms with Crippen molar-refractivity contribution in [3.63, 3.8) is 0 Å². The van der Waals surface area contributed by atoms with Crippen LogP contribution in [0.5, 0.6) is 0 Å². The highest BCUT2D eigenvalue weighted by Crippen LogP contribution is 2.09. The van der Waals surface area contributed by atoms with Gasteiger partial charge in [-0.2, -0.15) is 0 Å². The molecule has 0 fully saturated rings. The lowest BCUT2D eigenvalue weighted by atomic mass is 10.0. The summed E-state index contributed by atoms with van der Waals surface area (Å²) in [5, 5.41) is 25.4. The molecule has 0 aliphatic carbocycles. The molecule has 4 amide bonds. The Morgan fingerprint density at radius 2 is 1.32 bits per heavy atom. The van der Waals surface area contributed by atoms with Crippen molar-refractivity contribution in [3.05, 3.63) is 0 Å². The minimum Gasteiger partial charge on any atom is -0.481 e. The molecule has 4 unspecified atom stereocenters. The molecule has 0 aliphatic rings. The minimum atomic E-state index is -1.28. The number of rotatable bonds is 16. The lowest BCUT2D eigenvalue weighted by Crippen LogP contribution is -2.58. The number of carbonyl (C=O) groups is 6. The van der Waals surface area contributed by atoms with Gasteiger partial charge in [-0.05, 0) is 31.1 Å². The fourth-order valence-corrected chi connectivity index (χ4v) is 2.99. The standard InChI is InChI=1S/C21H37N5O8/c1-10(2)9-14(21(33)34)25-19(31)13(6-7-15(23)27)24-20(32)17(11(3)4)26-18(30)12(22)5-8-16(28)29/h10-14,17H,5-9,22H2,1-4H3,(H2,23,27)(H,24,32)(H,25,31)(H,26,30)(H,28,29)(H,33,34). The van der Waals surface area contributed by atoms with E-state index in [-0.39, 0.29) is 38.0 Å². The van der Waals surface area contributed by atoms with Crippen molar-refractivity contribution in [2.75, 3.05) is 0 Å². The van der Waals surface area contributed by atoms with Gasteiger partial charge in [-0.3, -0.25) is 24.0 Å². The molecule has 194 valence electrons. The molecule has 0 radical (unpaired) electrons. The van der Waals surface area contributed by atoms with Gasteiger partial charge in [0.1, 0.15) is 18.1 Å². The molecule has 0 spiro atoms. The molecule has 0 aromatic heterocycles. The molecule has 0 bridgehead atoms. The van der Waals surface area contributed by atoms with E-state index in [1.54, 1.807) is 27.7 Å². The van der Waals surface area contributed by atoms with Gasteiger partial charge in [0.2, 0.25) is 23.6 Å². The molecule has 0 aromatic rings. The third-order valence-corrected chi connectivity index (χ3v) is 4.89. The van der Waals surface area contributed by atoms with Gasteiger partial charge in [0.15, 0.2) is 0 Å². The lowest BCUT2D eigenvalue weighted by Gasteiger charge is -2.27. The van der Waals surface area contributed by atoms with E-state index < -0.39 is 65.7 Å². The molecule has 0 saturated heterocycles. The zero-order valence-corrected chi connectivity index (χ0v) is 20.0. The summed E-state index contributed by atoms with van der Waals surface area (Å²) in [6.07, 6.45) is -0.749. The van der Waals surface area contributed by atoms with Crippen LogP contribution in [0.1, 0.15) is 59.8 Å². The third-order valence-electron chi connectivity index (χ3n) is 4.89. The van der Waals surface area contributed by atoms with E-state index in [1.165, 1.54) is 0 Å². The number of aliphatic carboxylic acids is 2. The molecule has 4 atom stereocenters. The van der Waals surface area contributed by atoms with Crippen LogP contribution in [0, 0.1) is 11.8 Å². The Hall–Kier alpha value is -3.22. The highest BCUT2D eigenvalue weighted by atomic mass is 16.4. The molecule has 9 N–H and O–H groups in total. The molecule has 0 aliphatic heterocycles. The summed E-state index contributed by atoms with van der Waals surface area (Å²) in [7, 11) is 0. The monoisotopic (exact) mass is 487 g/mol.